The van der Waals surface area contributed by atoms with Crippen molar-refractivity contribution in [3.05, 3.63) is 60.2 Å². The lowest BCUT2D eigenvalue weighted by Gasteiger charge is -2.33. The first kappa shape index (κ1) is 14.2. The summed E-state index contributed by atoms with van der Waals surface area (Å²) in [5.41, 5.74) is 11.6. The summed E-state index contributed by atoms with van der Waals surface area (Å²) in [6.45, 7) is 7.12. The standard InChI is InChI=1S/C18H19N3O/c1-12-3-5-14(6-4-12)15-7-8-16(19)17(9-15)20-18(22)21-10-13(2)11-21/h3-9H,2,10-11,19H2,1H3,(H,20,22). The molecule has 1 saturated heterocycles. The normalized spacial score (nSPS) is 13.7. The van der Waals surface area contributed by atoms with Crippen molar-refractivity contribution in [2.24, 2.45) is 0 Å². The molecule has 4 heteroatoms. The van der Waals surface area contributed by atoms with Crippen LogP contribution in [-0.2, 0) is 0 Å². The number of amides is 2. The average molecular weight is 293 g/mol. The summed E-state index contributed by atoms with van der Waals surface area (Å²) in [6.07, 6.45) is 0. The van der Waals surface area contributed by atoms with Crippen molar-refractivity contribution in [2.75, 3.05) is 24.1 Å². The molecule has 1 fully saturated rings. The quantitative estimate of drug-likeness (QED) is 0.656. The van der Waals surface area contributed by atoms with E-state index in [0.717, 1.165) is 16.7 Å². The molecule has 3 N–H and O–H groups in total. The van der Waals surface area contributed by atoms with E-state index in [4.69, 9.17) is 5.73 Å². The van der Waals surface area contributed by atoms with Crippen molar-refractivity contribution < 1.29 is 4.79 Å². The number of urea groups is 1. The minimum Gasteiger partial charge on any atom is -0.397 e. The van der Waals surface area contributed by atoms with E-state index in [9.17, 15) is 4.79 Å². The maximum Gasteiger partial charge on any atom is 0.322 e. The van der Waals surface area contributed by atoms with Crippen LogP contribution in [0.5, 0.6) is 0 Å². The van der Waals surface area contributed by atoms with E-state index in [-0.39, 0.29) is 6.03 Å². The van der Waals surface area contributed by atoms with Crippen LogP contribution in [0.15, 0.2) is 54.6 Å². The number of carbonyl (C=O) groups is 1. The van der Waals surface area contributed by atoms with Gasteiger partial charge < -0.3 is 16.0 Å². The summed E-state index contributed by atoms with van der Waals surface area (Å²) in [7, 11) is 0. The number of nitrogen functional groups attached to an aromatic ring is 1. The average Bonchev–Trinajstić information content (AvgIpc) is 2.47. The molecular formula is C18H19N3O. The lowest BCUT2D eigenvalue weighted by molar-refractivity contribution is 0.205. The Bertz CT molecular complexity index is 726. The van der Waals surface area contributed by atoms with Gasteiger partial charge in [0.25, 0.3) is 0 Å². The van der Waals surface area contributed by atoms with Crippen LogP contribution < -0.4 is 11.1 Å². The highest BCUT2D eigenvalue weighted by atomic mass is 16.2. The fourth-order valence-corrected chi connectivity index (χ4v) is 2.42. The second-order valence-electron chi connectivity index (χ2n) is 5.70. The molecule has 2 aromatic carbocycles. The fourth-order valence-electron chi connectivity index (χ4n) is 2.42. The van der Waals surface area contributed by atoms with Gasteiger partial charge in [-0.3, -0.25) is 0 Å². The van der Waals surface area contributed by atoms with Crippen molar-refractivity contribution in [2.45, 2.75) is 6.92 Å². The van der Waals surface area contributed by atoms with Crippen LogP contribution in [0.4, 0.5) is 16.2 Å². The first-order chi connectivity index (χ1) is 10.5. The summed E-state index contributed by atoms with van der Waals surface area (Å²) in [6, 6.07) is 13.8. The number of likely N-dealkylation sites (tertiary alicyclic amines) is 1. The Morgan fingerprint density at radius 2 is 1.77 bits per heavy atom. The predicted octanol–water partition coefficient (Wildman–Crippen LogP) is 3.65. The Labute approximate surface area is 130 Å². The molecule has 112 valence electrons. The Morgan fingerprint density at radius 3 is 2.41 bits per heavy atom. The van der Waals surface area contributed by atoms with Gasteiger partial charge in [-0.15, -0.1) is 0 Å². The number of anilines is 2. The number of nitrogens with one attached hydrogen (secondary N) is 1. The molecule has 1 aliphatic heterocycles. The maximum absolute atomic E-state index is 12.1. The minimum absolute atomic E-state index is 0.139. The number of nitrogens with zero attached hydrogens (tertiary/aromatic N) is 1. The molecule has 0 aliphatic carbocycles. The number of hydrogen-bond acceptors (Lipinski definition) is 2. The number of carbonyl (C=O) groups excluding carboxylic acids is 1. The lowest BCUT2D eigenvalue weighted by atomic mass is 10.0. The fraction of sp³-hybridized carbons (Fsp3) is 0.167. The second kappa shape index (κ2) is 5.56. The molecular weight excluding hydrogens is 274 g/mol. The summed E-state index contributed by atoms with van der Waals surface area (Å²) >= 11 is 0. The molecule has 2 amide bonds. The van der Waals surface area contributed by atoms with Crippen molar-refractivity contribution in [1.82, 2.24) is 4.90 Å². The van der Waals surface area contributed by atoms with Crippen LogP contribution in [0.1, 0.15) is 5.56 Å². The van der Waals surface area contributed by atoms with Crippen LogP contribution in [0.3, 0.4) is 0 Å². The second-order valence-corrected chi connectivity index (χ2v) is 5.70. The highest BCUT2D eigenvalue weighted by Crippen LogP contribution is 2.28. The molecule has 0 radical (unpaired) electrons. The van der Waals surface area contributed by atoms with Crippen LogP contribution >= 0.6 is 0 Å². The highest BCUT2D eigenvalue weighted by molar-refractivity contribution is 5.94. The van der Waals surface area contributed by atoms with Crippen molar-refractivity contribution >= 4 is 17.4 Å². The zero-order chi connectivity index (χ0) is 15.7. The van der Waals surface area contributed by atoms with E-state index < -0.39 is 0 Å². The Kier molecular flexibility index (Phi) is 3.59. The first-order valence-corrected chi connectivity index (χ1v) is 7.22. The Hall–Kier alpha value is -2.75. The van der Waals surface area contributed by atoms with Crippen molar-refractivity contribution in [1.29, 1.82) is 0 Å². The minimum atomic E-state index is -0.139. The molecule has 0 bridgehead atoms. The van der Waals surface area contributed by atoms with Gasteiger partial charge >= 0.3 is 6.03 Å². The summed E-state index contributed by atoms with van der Waals surface area (Å²) < 4.78 is 0. The SMILES string of the molecule is C=C1CN(C(=O)Nc2cc(-c3ccc(C)cc3)ccc2N)C1. The van der Waals surface area contributed by atoms with Gasteiger partial charge in [0, 0.05) is 13.1 Å². The molecule has 0 saturated carbocycles. The van der Waals surface area contributed by atoms with Crippen molar-refractivity contribution in [3.63, 3.8) is 0 Å². The van der Waals surface area contributed by atoms with Gasteiger partial charge in [-0.25, -0.2) is 4.79 Å². The molecule has 0 atom stereocenters. The number of nitrogens with two attached hydrogens (primary N) is 1. The van der Waals surface area contributed by atoms with Crippen LogP contribution in [0.25, 0.3) is 11.1 Å². The van der Waals surface area contributed by atoms with Gasteiger partial charge in [0.1, 0.15) is 0 Å². The molecule has 4 nitrogen and oxygen atoms in total. The Balaban J connectivity index is 1.82. The molecule has 1 aliphatic rings. The van der Waals surface area contributed by atoms with Crippen molar-refractivity contribution in [3.8, 4) is 11.1 Å². The van der Waals surface area contributed by atoms with E-state index in [1.165, 1.54) is 5.56 Å². The summed E-state index contributed by atoms with van der Waals surface area (Å²) in [5.74, 6) is 0. The van der Waals surface area contributed by atoms with E-state index in [1.807, 2.05) is 18.2 Å². The first-order valence-electron chi connectivity index (χ1n) is 7.22. The van der Waals surface area contributed by atoms with Gasteiger partial charge in [0.15, 0.2) is 0 Å². The molecule has 0 aromatic heterocycles. The maximum atomic E-state index is 12.1. The van der Waals surface area contributed by atoms with Crippen LogP contribution in [0, 0.1) is 6.92 Å². The lowest BCUT2D eigenvalue weighted by Crippen LogP contribution is -2.46. The van der Waals surface area contributed by atoms with E-state index in [1.54, 1.807) is 4.90 Å². The van der Waals surface area contributed by atoms with Gasteiger partial charge in [-0.1, -0.05) is 42.5 Å². The zero-order valence-electron chi connectivity index (χ0n) is 12.6. The van der Waals surface area contributed by atoms with E-state index in [0.29, 0.717) is 24.5 Å². The largest absolute Gasteiger partial charge is 0.397 e. The number of hydrogen-bond donors (Lipinski definition) is 2. The van der Waals surface area contributed by atoms with E-state index >= 15 is 0 Å². The number of rotatable bonds is 2. The Morgan fingerprint density at radius 1 is 1.14 bits per heavy atom. The van der Waals surface area contributed by atoms with E-state index in [2.05, 4.69) is 43.1 Å². The summed E-state index contributed by atoms with van der Waals surface area (Å²) in [4.78, 5) is 13.8. The van der Waals surface area contributed by atoms with Gasteiger partial charge in [0.05, 0.1) is 11.4 Å². The smallest absolute Gasteiger partial charge is 0.322 e. The highest BCUT2D eigenvalue weighted by Gasteiger charge is 2.23. The van der Waals surface area contributed by atoms with Gasteiger partial charge in [-0.05, 0) is 35.8 Å². The summed E-state index contributed by atoms with van der Waals surface area (Å²) in [5, 5.41) is 2.88. The third-order valence-corrected chi connectivity index (χ3v) is 3.80. The van der Waals surface area contributed by atoms with Crippen LogP contribution in [-0.4, -0.2) is 24.0 Å². The topological polar surface area (TPSA) is 58.4 Å². The molecule has 2 aromatic rings. The predicted molar refractivity (Wildman–Crippen MR) is 90.8 cm³/mol. The molecule has 0 spiro atoms. The van der Waals surface area contributed by atoms with Gasteiger partial charge in [-0.2, -0.15) is 0 Å². The van der Waals surface area contributed by atoms with Crippen LogP contribution in [0.2, 0.25) is 0 Å². The monoisotopic (exact) mass is 293 g/mol. The molecule has 22 heavy (non-hydrogen) atoms. The number of benzene rings is 2. The molecule has 3 rings (SSSR count). The molecule has 1 heterocycles. The third-order valence-electron chi connectivity index (χ3n) is 3.80. The molecule has 0 unspecified atom stereocenters. The zero-order valence-corrected chi connectivity index (χ0v) is 12.6. The van der Waals surface area contributed by atoms with Gasteiger partial charge in [0.2, 0.25) is 0 Å². The third kappa shape index (κ3) is 2.81. The number of aryl methyl sites for hydroxylation is 1.